The summed E-state index contributed by atoms with van der Waals surface area (Å²) in [6, 6.07) is 4.92. The molecule has 25 heavy (non-hydrogen) atoms. The number of aromatic nitrogens is 1. The van der Waals surface area contributed by atoms with Crippen molar-refractivity contribution in [2.75, 3.05) is 5.32 Å². The lowest BCUT2D eigenvalue weighted by Crippen LogP contribution is -2.29. The third kappa shape index (κ3) is 3.33. The first kappa shape index (κ1) is 17.0. The molecule has 1 atom stereocenters. The van der Waals surface area contributed by atoms with Gasteiger partial charge in [0.15, 0.2) is 5.13 Å². The molecule has 0 spiro atoms. The van der Waals surface area contributed by atoms with Gasteiger partial charge in [0.25, 0.3) is 0 Å². The number of halogens is 1. The maximum absolute atomic E-state index is 11.3. The molecule has 4 rings (SSSR count). The van der Waals surface area contributed by atoms with Crippen LogP contribution in [0.2, 0.25) is 5.02 Å². The summed E-state index contributed by atoms with van der Waals surface area (Å²) in [4.78, 5) is 19.3. The molecule has 1 amide bonds. The Bertz CT molecular complexity index is 843. The Morgan fingerprint density at radius 1 is 1.40 bits per heavy atom. The van der Waals surface area contributed by atoms with E-state index in [1.165, 1.54) is 42.2 Å². The van der Waals surface area contributed by atoms with E-state index in [0.717, 1.165) is 40.2 Å². The number of amides is 1. The minimum atomic E-state index is -0.100. The second-order valence-electron chi connectivity index (χ2n) is 7.19. The van der Waals surface area contributed by atoms with E-state index < -0.39 is 0 Å². The van der Waals surface area contributed by atoms with Crippen molar-refractivity contribution in [3.05, 3.63) is 34.0 Å². The number of rotatable bonds is 4. The van der Waals surface area contributed by atoms with Crippen molar-refractivity contribution < 1.29 is 4.79 Å². The number of carbonyl (C=O) groups excluding carboxylic acids is 1. The number of nitrogens with one attached hydrogen (secondary N) is 1. The van der Waals surface area contributed by atoms with Gasteiger partial charge in [-0.1, -0.05) is 22.9 Å². The normalized spacial score (nSPS) is 18.2. The van der Waals surface area contributed by atoms with E-state index in [-0.39, 0.29) is 5.91 Å². The van der Waals surface area contributed by atoms with Crippen LogP contribution in [0.4, 0.5) is 5.13 Å². The van der Waals surface area contributed by atoms with Crippen LogP contribution in [-0.4, -0.2) is 21.8 Å². The minimum absolute atomic E-state index is 0.100. The van der Waals surface area contributed by atoms with Gasteiger partial charge in [0.1, 0.15) is 0 Å². The molecule has 0 radical (unpaired) electrons. The average molecular weight is 376 g/mol. The summed E-state index contributed by atoms with van der Waals surface area (Å²) in [6.45, 7) is 7.73. The molecule has 1 aliphatic heterocycles. The van der Waals surface area contributed by atoms with Crippen molar-refractivity contribution in [1.29, 1.82) is 0 Å². The molecule has 1 aliphatic carbocycles. The van der Waals surface area contributed by atoms with Crippen LogP contribution in [0.1, 0.15) is 43.5 Å². The molecular weight excluding hydrogens is 354 g/mol. The molecule has 1 N–H and O–H groups in total. The number of benzene rings is 1. The summed E-state index contributed by atoms with van der Waals surface area (Å²) in [5.74, 6) is 0.758. The molecular formula is C19H22ClN3OS. The number of aryl methyl sites for hydroxylation is 1. The Morgan fingerprint density at radius 2 is 2.16 bits per heavy atom. The topological polar surface area (TPSA) is 45.2 Å². The van der Waals surface area contributed by atoms with Gasteiger partial charge in [-0.3, -0.25) is 9.69 Å². The Morgan fingerprint density at radius 3 is 2.84 bits per heavy atom. The molecule has 1 saturated carbocycles. The number of fused-ring (bicyclic) bond motifs is 1. The van der Waals surface area contributed by atoms with Crippen molar-refractivity contribution in [1.82, 2.24) is 9.88 Å². The van der Waals surface area contributed by atoms with Gasteiger partial charge in [-0.15, -0.1) is 0 Å². The smallest absolute Gasteiger partial charge is 0.223 e. The largest absolute Gasteiger partial charge is 0.302 e. The Hall–Kier alpha value is -1.43. The number of nitrogens with zero attached hydrogens (tertiary/aromatic N) is 2. The van der Waals surface area contributed by atoms with Crippen LogP contribution in [0, 0.1) is 12.8 Å². The number of thiazole rings is 1. The molecule has 1 aromatic carbocycles. The highest BCUT2D eigenvalue weighted by Gasteiger charge is 2.35. The molecule has 2 aliphatic rings. The van der Waals surface area contributed by atoms with Crippen molar-refractivity contribution in [2.45, 2.75) is 52.7 Å². The second-order valence-corrected chi connectivity index (χ2v) is 8.60. The van der Waals surface area contributed by atoms with Gasteiger partial charge in [0.05, 0.1) is 10.6 Å². The van der Waals surface area contributed by atoms with Crippen LogP contribution >= 0.6 is 22.9 Å². The van der Waals surface area contributed by atoms with Crippen LogP contribution < -0.4 is 5.32 Å². The SMILES string of the molecule is CC(=O)Nc1nc(C)c(-c2cc(Cl)c3c(c2)CN([C@@H](C)C2CC2)C3)s1. The summed E-state index contributed by atoms with van der Waals surface area (Å²) in [7, 11) is 0. The first-order valence-electron chi connectivity index (χ1n) is 8.73. The molecule has 0 bridgehead atoms. The highest BCUT2D eigenvalue weighted by Crippen LogP contribution is 2.42. The van der Waals surface area contributed by atoms with Gasteiger partial charge in [-0.2, -0.15) is 0 Å². The fourth-order valence-electron chi connectivity index (χ4n) is 3.65. The maximum atomic E-state index is 11.3. The average Bonchev–Trinajstić information content (AvgIpc) is 3.20. The number of hydrogen-bond acceptors (Lipinski definition) is 4. The Balaban J connectivity index is 1.63. The van der Waals surface area contributed by atoms with Crippen LogP contribution in [-0.2, 0) is 17.9 Å². The number of hydrogen-bond donors (Lipinski definition) is 1. The van der Waals surface area contributed by atoms with Gasteiger partial charge in [0, 0.05) is 31.1 Å². The first-order valence-corrected chi connectivity index (χ1v) is 9.92. The summed E-state index contributed by atoms with van der Waals surface area (Å²) < 4.78 is 0. The lowest BCUT2D eigenvalue weighted by Gasteiger charge is -2.23. The first-order chi connectivity index (χ1) is 11.9. The van der Waals surface area contributed by atoms with Crippen molar-refractivity contribution in [3.8, 4) is 10.4 Å². The van der Waals surface area contributed by atoms with Crippen LogP contribution in [0.3, 0.4) is 0 Å². The van der Waals surface area contributed by atoms with Crippen molar-refractivity contribution in [2.24, 2.45) is 5.92 Å². The van der Waals surface area contributed by atoms with Crippen LogP contribution in [0.5, 0.6) is 0 Å². The fourth-order valence-corrected chi connectivity index (χ4v) is 4.95. The predicted octanol–water partition coefficient (Wildman–Crippen LogP) is 4.84. The van der Waals surface area contributed by atoms with E-state index in [1.54, 1.807) is 0 Å². The van der Waals surface area contributed by atoms with Crippen molar-refractivity contribution in [3.63, 3.8) is 0 Å². The zero-order valence-corrected chi connectivity index (χ0v) is 16.3. The molecule has 1 aromatic heterocycles. The number of anilines is 1. The van der Waals surface area contributed by atoms with E-state index in [9.17, 15) is 4.79 Å². The summed E-state index contributed by atoms with van der Waals surface area (Å²) in [5.41, 5.74) is 4.60. The fraction of sp³-hybridized carbons (Fsp3) is 0.474. The van der Waals surface area contributed by atoms with Gasteiger partial charge >= 0.3 is 0 Å². The number of carbonyl (C=O) groups is 1. The second kappa shape index (κ2) is 6.38. The van der Waals surface area contributed by atoms with E-state index >= 15 is 0 Å². The van der Waals surface area contributed by atoms with Crippen molar-refractivity contribution >= 4 is 34.0 Å². The molecule has 6 heteroatoms. The predicted molar refractivity (Wildman–Crippen MR) is 103 cm³/mol. The highest BCUT2D eigenvalue weighted by atomic mass is 35.5. The zero-order valence-electron chi connectivity index (χ0n) is 14.7. The van der Waals surface area contributed by atoms with Gasteiger partial charge in [-0.05, 0) is 61.4 Å². The summed E-state index contributed by atoms with van der Waals surface area (Å²) >= 11 is 8.12. The molecule has 2 heterocycles. The van der Waals surface area contributed by atoms with E-state index in [1.807, 2.05) is 13.0 Å². The monoisotopic (exact) mass is 375 g/mol. The van der Waals surface area contributed by atoms with Gasteiger partial charge in [0.2, 0.25) is 5.91 Å². The molecule has 2 aromatic rings. The molecule has 0 saturated heterocycles. The van der Waals surface area contributed by atoms with Crippen LogP contribution in [0.15, 0.2) is 12.1 Å². The Kier molecular flexibility index (Phi) is 4.34. The molecule has 4 nitrogen and oxygen atoms in total. The van der Waals surface area contributed by atoms with Gasteiger partial charge < -0.3 is 5.32 Å². The van der Waals surface area contributed by atoms with E-state index in [4.69, 9.17) is 11.6 Å². The van der Waals surface area contributed by atoms with Gasteiger partial charge in [-0.25, -0.2) is 4.98 Å². The highest BCUT2D eigenvalue weighted by molar-refractivity contribution is 7.19. The molecule has 132 valence electrons. The van der Waals surface area contributed by atoms with E-state index in [2.05, 4.69) is 28.2 Å². The van der Waals surface area contributed by atoms with E-state index in [0.29, 0.717) is 11.2 Å². The zero-order chi connectivity index (χ0) is 17.7. The minimum Gasteiger partial charge on any atom is -0.302 e. The third-order valence-corrected chi connectivity index (χ3v) is 6.70. The maximum Gasteiger partial charge on any atom is 0.223 e. The Labute approximate surface area is 157 Å². The third-order valence-electron chi connectivity index (χ3n) is 5.24. The van der Waals surface area contributed by atoms with Crippen LogP contribution in [0.25, 0.3) is 10.4 Å². The lowest BCUT2D eigenvalue weighted by molar-refractivity contribution is -0.114. The summed E-state index contributed by atoms with van der Waals surface area (Å²) in [6.07, 6.45) is 2.72. The molecule has 1 fully saturated rings. The summed E-state index contributed by atoms with van der Waals surface area (Å²) in [5, 5.41) is 4.25. The quantitative estimate of drug-likeness (QED) is 0.831. The molecule has 0 unspecified atom stereocenters. The lowest BCUT2D eigenvalue weighted by atomic mass is 10.0. The standard InChI is InChI=1S/C19H22ClN3OS/c1-10-18(25-19(21-10)22-12(3)24)14-6-15-8-23(11(2)13-4-5-13)9-16(15)17(20)7-14/h6-7,11,13H,4-5,8-9H2,1-3H3,(H,21,22,24)/t11-/m0/s1.